The number of hydrogen-bond acceptors (Lipinski definition) is 2. The lowest BCUT2D eigenvalue weighted by Crippen LogP contribution is -2.28. The van der Waals surface area contributed by atoms with Crippen LogP contribution >= 0.6 is 12.4 Å². The Morgan fingerprint density at radius 3 is 2.06 bits per heavy atom. The summed E-state index contributed by atoms with van der Waals surface area (Å²) in [6.07, 6.45) is -9.68. The van der Waals surface area contributed by atoms with E-state index in [0.717, 1.165) is 18.2 Å². The predicted molar refractivity (Wildman–Crippen MR) is 53.4 cm³/mol. The van der Waals surface area contributed by atoms with Crippen LogP contribution in [0.15, 0.2) is 24.3 Å². The first-order valence-electron chi connectivity index (χ1n) is 4.27. The van der Waals surface area contributed by atoms with Gasteiger partial charge in [-0.2, -0.15) is 13.2 Å². The fraction of sp³-hybridized carbons (Fsp3) is 0.333. The number of ether oxygens (including phenoxy) is 1. The van der Waals surface area contributed by atoms with E-state index in [0.29, 0.717) is 6.07 Å². The number of rotatable bonds is 2. The van der Waals surface area contributed by atoms with Gasteiger partial charge in [-0.1, -0.05) is 12.1 Å². The smallest absolute Gasteiger partial charge is 0.406 e. The van der Waals surface area contributed by atoms with Crippen molar-refractivity contribution < 1.29 is 31.1 Å². The fourth-order valence-electron chi connectivity index (χ4n) is 1.09. The van der Waals surface area contributed by atoms with Crippen molar-refractivity contribution in [1.29, 1.82) is 0 Å². The third-order valence-corrected chi connectivity index (χ3v) is 1.80. The summed E-state index contributed by atoms with van der Waals surface area (Å²) in [5.41, 5.74) is 4.34. The van der Waals surface area contributed by atoms with Crippen LogP contribution in [0.2, 0.25) is 0 Å². The van der Waals surface area contributed by atoms with Crippen molar-refractivity contribution in [3.8, 4) is 5.75 Å². The van der Waals surface area contributed by atoms with Crippen LogP contribution in [0.1, 0.15) is 11.6 Å². The van der Waals surface area contributed by atoms with Gasteiger partial charge in [-0.25, -0.2) is 0 Å². The zero-order valence-corrected chi connectivity index (χ0v) is 9.36. The molecule has 0 aliphatic carbocycles. The molecule has 0 saturated heterocycles. The maximum absolute atomic E-state index is 12.2. The Labute approximate surface area is 104 Å². The SMILES string of the molecule is Cl.N[C@@H](c1cccc(OC(F)(F)F)c1)C(F)(F)F. The van der Waals surface area contributed by atoms with Crippen LogP contribution in [0.5, 0.6) is 5.75 Å². The summed E-state index contributed by atoms with van der Waals surface area (Å²) >= 11 is 0. The zero-order valence-electron chi connectivity index (χ0n) is 8.55. The summed E-state index contributed by atoms with van der Waals surface area (Å²) in [5.74, 6) is -0.741. The van der Waals surface area contributed by atoms with Crippen LogP contribution < -0.4 is 10.5 Å². The van der Waals surface area contributed by atoms with Crippen LogP contribution in [-0.4, -0.2) is 12.5 Å². The second-order valence-electron chi connectivity index (χ2n) is 3.14. The lowest BCUT2D eigenvalue weighted by atomic mass is 10.1. The van der Waals surface area contributed by atoms with Gasteiger partial charge in [-0.15, -0.1) is 25.6 Å². The monoisotopic (exact) mass is 295 g/mol. The molecular weight excluding hydrogens is 288 g/mol. The van der Waals surface area contributed by atoms with Crippen molar-refractivity contribution in [3.63, 3.8) is 0 Å². The van der Waals surface area contributed by atoms with E-state index in [2.05, 4.69) is 4.74 Å². The van der Waals surface area contributed by atoms with Gasteiger partial charge in [0.2, 0.25) is 0 Å². The number of hydrogen-bond donors (Lipinski definition) is 1. The molecule has 1 aromatic rings. The van der Waals surface area contributed by atoms with E-state index >= 15 is 0 Å². The highest BCUT2D eigenvalue weighted by Crippen LogP contribution is 2.32. The average Bonchev–Trinajstić information content (AvgIpc) is 2.12. The summed E-state index contributed by atoms with van der Waals surface area (Å²) in [6.45, 7) is 0. The van der Waals surface area contributed by atoms with Crippen molar-refractivity contribution in [3.05, 3.63) is 29.8 Å². The van der Waals surface area contributed by atoms with E-state index in [9.17, 15) is 26.3 Å². The minimum atomic E-state index is -4.96. The lowest BCUT2D eigenvalue weighted by Gasteiger charge is -2.17. The van der Waals surface area contributed by atoms with Crippen molar-refractivity contribution in [2.75, 3.05) is 0 Å². The van der Waals surface area contributed by atoms with E-state index in [1.54, 1.807) is 0 Å². The Hall–Kier alpha value is -1.15. The molecule has 9 heteroatoms. The van der Waals surface area contributed by atoms with Crippen LogP contribution in [-0.2, 0) is 0 Å². The average molecular weight is 296 g/mol. The zero-order chi connectivity index (χ0) is 13.3. The molecule has 0 aliphatic heterocycles. The van der Waals surface area contributed by atoms with Crippen LogP contribution in [0.4, 0.5) is 26.3 Å². The molecule has 0 fully saturated rings. The Morgan fingerprint density at radius 1 is 1.06 bits per heavy atom. The number of halogens is 7. The van der Waals surface area contributed by atoms with E-state index in [1.165, 1.54) is 0 Å². The summed E-state index contributed by atoms with van der Waals surface area (Å²) in [4.78, 5) is 0. The van der Waals surface area contributed by atoms with Crippen LogP contribution in [0.25, 0.3) is 0 Å². The minimum Gasteiger partial charge on any atom is -0.406 e. The first-order valence-corrected chi connectivity index (χ1v) is 4.27. The number of benzene rings is 1. The second-order valence-corrected chi connectivity index (χ2v) is 3.14. The molecule has 18 heavy (non-hydrogen) atoms. The molecule has 0 aliphatic rings. The molecule has 1 atom stereocenters. The Morgan fingerprint density at radius 2 is 1.61 bits per heavy atom. The van der Waals surface area contributed by atoms with E-state index in [4.69, 9.17) is 5.73 Å². The highest BCUT2D eigenvalue weighted by Gasteiger charge is 2.38. The van der Waals surface area contributed by atoms with Gasteiger partial charge in [0.25, 0.3) is 0 Å². The first-order chi connectivity index (χ1) is 7.59. The molecule has 1 rings (SSSR count). The lowest BCUT2D eigenvalue weighted by molar-refractivity contribution is -0.274. The molecule has 0 unspecified atom stereocenters. The van der Waals surface area contributed by atoms with Gasteiger partial charge in [-0.05, 0) is 17.7 Å². The van der Waals surface area contributed by atoms with Gasteiger partial charge < -0.3 is 10.5 Å². The highest BCUT2D eigenvalue weighted by atomic mass is 35.5. The molecule has 0 radical (unpaired) electrons. The second kappa shape index (κ2) is 5.66. The third kappa shape index (κ3) is 5.01. The van der Waals surface area contributed by atoms with Crippen molar-refractivity contribution in [2.45, 2.75) is 18.6 Å². The summed E-state index contributed by atoms with van der Waals surface area (Å²) in [5, 5.41) is 0. The van der Waals surface area contributed by atoms with Crippen molar-refractivity contribution >= 4 is 12.4 Å². The summed E-state index contributed by atoms with van der Waals surface area (Å²) in [6, 6.07) is 1.12. The Balaban J connectivity index is 0.00000289. The molecule has 2 nitrogen and oxygen atoms in total. The third-order valence-electron chi connectivity index (χ3n) is 1.80. The van der Waals surface area contributed by atoms with Gasteiger partial charge in [0.15, 0.2) is 0 Å². The number of nitrogens with two attached hydrogens (primary N) is 1. The molecule has 0 bridgehead atoms. The summed E-state index contributed by atoms with van der Waals surface area (Å²) in [7, 11) is 0. The van der Waals surface area contributed by atoms with Gasteiger partial charge >= 0.3 is 12.5 Å². The van der Waals surface area contributed by atoms with Gasteiger partial charge in [0.1, 0.15) is 11.8 Å². The molecule has 0 amide bonds. The minimum absolute atomic E-state index is 0. The van der Waals surface area contributed by atoms with Gasteiger partial charge in [0.05, 0.1) is 0 Å². The topological polar surface area (TPSA) is 35.2 Å². The predicted octanol–water partition coefficient (Wildman–Crippen LogP) is 3.57. The van der Waals surface area contributed by atoms with Gasteiger partial charge in [0, 0.05) is 0 Å². The summed E-state index contributed by atoms with van der Waals surface area (Å²) < 4.78 is 75.6. The largest absolute Gasteiger partial charge is 0.573 e. The normalized spacial score (nSPS) is 13.7. The highest BCUT2D eigenvalue weighted by molar-refractivity contribution is 5.85. The molecule has 2 N–H and O–H groups in total. The Kier molecular flexibility index (Phi) is 5.30. The van der Waals surface area contributed by atoms with E-state index in [-0.39, 0.29) is 12.4 Å². The number of alkyl halides is 6. The molecular formula is C9H8ClF6NO. The molecule has 0 aromatic heterocycles. The maximum atomic E-state index is 12.2. The van der Waals surface area contributed by atoms with Crippen LogP contribution in [0.3, 0.4) is 0 Å². The fourth-order valence-corrected chi connectivity index (χ4v) is 1.09. The van der Waals surface area contributed by atoms with Crippen molar-refractivity contribution in [1.82, 2.24) is 0 Å². The van der Waals surface area contributed by atoms with Crippen LogP contribution in [0, 0.1) is 0 Å². The molecule has 0 saturated carbocycles. The molecule has 0 spiro atoms. The van der Waals surface area contributed by atoms with Gasteiger partial charge in [-0.3, -0.25) is 0 Å². The Bertz CT molecular complexity index is 391. The maximum Gasteiger partial charge on any atom is 0.573 e. The first kappa shape index (κ1) is 16.9. The van der Waals surface area contributed by atoms with E-state index < -0.39 is 29.9 Å². The standard InChI is InChI=1S/C9H7F6NO.ClH/c10-8(11,12)7(16)5-2-1-3-6(4-5)17-9(13,14)15;/h1-4,7H,16H2;1H/t7-;/m0./s1. The quantitative estimate of drug-likeness (QED) is 0.847. The molecule has 104 valence electrons. The van der Waals surface area contributed by atoms with Crippen molar-refractivity contribution in [2.24, 2.45) is 5.73 Å². The van der Waals surface area contributed by atoms with E-state index in [1.807, 2.05) is 0 Å². The molecule has 0 heterocycles. The molecule has 1 aromatic carbocycles.